The molecule has 3 atom stereocenters. The lowest BCUT2D eigenvalue weighted by molar-refractivity contribution is -0.137. The molecule has 0 bridgehead atoms. The minimum Gasteiger partial charge on any atom is -0.345 e. The van der Waals surface area contributed by atoms with Gasteiger partial charge < -0.3 is 5.32 Å². The van der Waals surface area contributed by atoms with Gasteiger partial charge in [0.2, 0.25) is 5.91 Å². The van der Waals surface area contributed by atoms with Crippen molar-refractivity contribution in [3.8, 4) is 0 Å². The number of amides is 1. The first-order valence-corrected chi connectivity index (χ1v) is 10.6. The molecule has 2 saturated carbocycles. The number of carbonyl (C=O) groups excluding carboxylic acids is 1. The average molecular weight is 414 g/mol. The van der Waals surface area contributed by atoms with Gasteiger partial charge in [0, 0.05) is 13.1 Å². The predicted octanol–water partition coefficient (Wildman–Crippen LogP) is 4.72. The Morgan fingerprint density at radius 1 is 1.00 bits per heavy atom. The van der Waals surface area contributed by atoms with E-state index in [1.807, 2.05) is 18.2 Å². The minimum absolute atomic E-state index is 0.0496. The summed E-state index contributed by atoms with van der Waals surface area (Å²) in [6.45, 7) is 1.33. The number of fused-ring (bicyclic) bond motifs is 1. The molecule has 3 unspecified atom stereocenters. The highest BCUT2D eigenvalue weighted by Gasteiger charge is 2.51. The number of nitrogens with zero attached hydrogens (tertiary/aromatic N) is 1. The lowest BCUT2D eigenvalue weighted by atomic mass is 9.98. The van der Waals surface area contributed by atoms with E-state index in [2.05, 4.69) is 22.3 Å². The summed E-state index contributed by atoms with van der Waals surface area (Å²) in [5.74, 6) is 1.28. The third kappa shape index (κ3) is 3.85. The van der Waals surface area contributed by atoms with Gasteiger partial charge >= 0.3 is 6.18 Å². The van der Waals surface area contributed by atoms with Crippen LogP contribution >= 0.6 is 0 Å². The van der Waals surface area contributed by atoms with Gasteiger partial charge in [-0.25, -0.2) is 0 Å². The van der Waals surface area contributed by atoms with Gasteiger partial charge in [0.05, 0.1) is 17.1 Å². The quantitative estimate of drug-likeness (QED) is 0.768. The van der Waals surface area contributed by atoms with E-state index >= 15 is 0 Å². The Balaban J connectivity index is 1.30. The monoisotopic (exact) mass is 414 g/mol. The highest BCUT2D eigenvalue weighted by Crippen LogP contribution is 2.49. The van der Waals surface area contributed by atoms with E-state index in [4.69, 9.17) is 0 Å². The highest BCUT2D eigenvalue weighted by atomic mass is 19.4. The second-order valence-electron chi connectivity index (χ2n) is 9.07. The third-order valence-corrected chi connectivity index (χ3v) is 6.91. The standard InChI is InChI=1S/C24H25F3N2O/c25-24(26,27)20-8-6-16(7-9-20)14-29-15-18-12-17(18)13-21(29)22(30)28-23(10-11-23)19-4-2-1-3-5-19/h1-9,17-18,21H,10-15H2,(H,28,30). The second-order valence-corrected chi connectivity index (χ2v) is 9.07. The van der Waals surface area contributed by atoms with Crippen LogP contribution in [0.5, 0.6) is 0 Å². The first kappa shape index (κ1) is 19.6. The van der Waals surface area contributed by atoms with Crippen molar-refractivity contribution >= 4 is 5.91 Å². The summed E-state index contributed by atoms with van der Waals surface area (Å²) in [6.07, 6.45) is -0.455. The Hall–Kier alpha value is -2.34. The number of halogens is 3. The molecule has 0 spiro atoms. The summed E-state index contributed by atoms with van der Waals surface area (Å²) in [6, 6.07) is 15.2. The van der Waals surface area contributed by atoms with Crippen LogP contribution in [0.1, 0.15) is 42.4 Å². The van der Waals surface area contributed by atoms with E-state index < -0.39 is 11.7 Å². The maximum Gasteiger partial charge on any atom is 0.416 e. The number of nitrogens with one attached hydrogen (secondary N) is 1. The van der Waals surface area contributed by atoms with Gasteiger partial charge in [-0.05, 0) is 60.8 Å². The summed E-state index contributed by atoms with van der Waals surface area (Å²) in [5, 5.41) is 3.31. The van der Waals surface area contributed by atoms with E-state index in [1.54, 1.807) is 0 Å². The Bertz CT molecular complexity index is 922. The Kier molecular flexibility index (Phi) is 4.65. The molecule has 2 aliphatic carbocycles. The van der Waals surface area contributed by atoms with Gasteiger partial charge in [-0.3, -0.25) is 9.69 Å². The predicted molar refractivity (Wildman–Crippen MR) is 107 cm³/mol. The van der Waals surface area contributed by atoms with Gasteiger partial charge in [-0.1, -0.05) is 42.5 Å². The third-order valence-electron chi connectivity index (χ3n) is 6.91. The smallest absolute Gasteiger partial charge is 0.345 e. The fourth-order valence-electron chi connectivity index (χ4n) is 4.86. The molecule has 1 aliphatic heterocycles. The van der Waals surface area contributed by atoms with Crippen molar-refractivity contribution in [1.82, 2.24) is 10.2 Å². The lowest BCUT2D eigenvalue weighted by Crippen LogP contribution is -2.52. The number of hydrogen-bond donors (Lipinski definition) is 1. The van der Waals surface area contributed by atoms with Crippen LogP contribution in [-0.4, -0.2) is 23.4 Å². The van der Waals surface area contributed by atoms with Crippen molar-refractivity contribution in [1.29, 1.82) is 0 Å². The van der Waals surface area contributed by atoms with Crippen LogP contribution in [0, 0.1) is 11.8 Å². The summed E-state index contributed by atoms with van der Waals surface area (Å²) in [5.41, 5.74) is 1.07. The summed E-state index contributed by atoms with van der Waals surface area (Å²) < 4.78 is 38.5. The minimum atomic E-state index is -4.33. The van der Waals surface area contributed by atoms with Crippen LogP contribution in [-0.2, 0) is 23.1 Å². The van der Waals surface area contributed by atoms with Crippen molar-refractivity contribution in [2.24, 2.45) is 11.8 Å². The second kappa shape index (κ2) is 7.12. The fourth-order valence-corrected chi connectivity index (χ4v) is 4.86. The average Bonchev–Trinajstić information content (AvgIpc) is 3.64. The van der Waals surface area contributed by atoms with Gasteiger partial charge in [-0.15, -0.1) is 0 Å². The first-order chi connectivity index (χ1) is 14.3. The van der Waals surface area contributed by atoms with Crippen LogP contribution in [0.4, 0.5) is 13.2 Å². The number of hydrogen-bond acceptors (Lipinski definition) is 2. The Labute approximate surface area is 174 Å². The highest BCUT2D eigenvalue weighted by molar-refractivity contribution is 5.83. The number of benzene rings is 2. The SMILES string of the molecule is O=C(NC1(c2ccccc2)CC1)C1CC2CC2CN1Cc1ccc(C(F)(F)F)cc1. The van der Waals surface area contributed by atoms with E-state index in [0.29, 0.717) is 18.4 Å². The van der Waals surface area contributed by atoms with Crippen molar-refractivity contribution in [2.75, 3.05) is 6.54 Å². The molecule has 3 fully saturated rings. The zero-order valence-corrected chi connectivity index (χ0v) is 16.7. The zero-order valence-electron chi connectivity index (χ0n) is 16.7. The molecule has 30 heavy (non-hydrogen) atoms. The van der Waals surface area contributed by atoms with Gasteiger partial charge in [0.25, 0.3) is 0 Å². The summed E-state index contributed by atoms with van der Waals surface area (Å²) in [7, 11) is 0. The van der Waals surface area contributed by atoms with Gasteiger partial charge in [0.1, 0.15) is 0 Å². The van der Waals surface area contributed by atoms with E-state index in [-0.39, 0.29) is 17.5 Å². The molecule has 2 aromatic carbocycles. The van der Waals surface area contributed by atoms with Crippen LogP contribution in [0.25, 0.3) is 0 Å². The normalized spacial score (nSPS) is 27.2. The topological polar surface area (TPSA) is 32.3 Å². The van der Waals surface area contributed by atoms with E-state index in [0.717, 1.165) is 55.5 Å². The number of carbonyl (C=O) groups is 1. The molecule has 158 valence electrons. The number of alkyl halides is 3. The van der Waals surface area contributed by atoms with Gasteiger partial charge in [0.15, 0.2) is 0 Å². The molecule has 3 aliphatic rings. The van der Waals surface area contributed by atoms with Crippen molar-refractivity contribution < 1.29 is 18.0 Å². The Morgan fingerprint density at radius 3 is 2.33 bits per heavy atom. The van der Waals surface area contributed by atoms with Crippen LogP contribution in [0.2, 0.25) is 0 Å². The number of piperidine rings is 1. The van der Waals surface area contributed by atoms with E-state index in [9.17, 15) is 18.0 Å². The summed E-state index contributed by atoms with van der Waals surface area (Å²) >= 11 is 0. The molecular weight excluding hydrogens is 389 g/mol. The molecule has 6 heteroatoms. The molecule has 2 aromatic rings. The lowest BCUT2D eigenvalue weighted by Gasteiger charge is -2.35. The first-order valence-electron chi connectivity index (χ1n) is 10.6. The number of likely N-dealkylation sites (tertiary alicyclic amines) is 1. The van der Waals surface area contributed by atoms with Crippen LogP contribution in [0.15, 0.2) is 54.6 Å². The number of rotatable bonds is 5. The molecule has 1 saturated heterocycles. The summed E-state index contributed by atoms with van der Waals surface area (Å²) in [4.78, 5) is 15.4. The molecule has 3 nitrogen and oxygen atoms in total. The van der Waals surface area contributed by atoms with Crippen molar-refractivity contribution in [3.63, 3.8) is 0 Å². The molecule has 1 amide bonds. The molecular formula is C24H25F3N2O. The molecule has 0 aromatic heterocycles. The molecule has 1 N–H and O–H groups in total. The van der Waals surface area contributed by atoms with Crippen LogP contribution in [0.3, 0.4) is 0 Å². The maximum atomic E-state index is 13.3. The molecule has 5 rings (SSSR count). The van der Waals surface area contributed by atoms with Crippen molar-refractivity contribution in [2.45, 2.75) is 50.0 Å². The van der Waals surface area contributed by atoms with Gasteiger partial charge in [-0.2, -0.15) is 13.2 Å². The van der Waals surface area contributed by atoms with Crippen LogP contribution < -0.4 is 5.32 Å². The molecule has 0 radical (unpaired) electrons. The zero-order chi connectivity index (χ0) is 20.9. The van der Waals surface area contributed by atoms with E-state index in [1.165, 1.54) is 12.1 Å². The fraction of sp³-hybridized carbons (Fsp3) is 0.458. The maximum absolute atomic E-state index is 13.3. The molecule has 1 heterocycles. The van der Waals surface area contributed by atoms with Crippen molar-refractivity contribution in [3.05, 3.63) is 71.3 Å². The Morgan fingerprint density at radius 2 is 1.70 bits per heavy atom. The largest absolute Gasteiger partial charge is 0.416 e.